The van der Waals surface area contributed by atoms with Crippen molar-refractivity contribution >= 4 is 34.9 Å². The average molecular weight is 470 g/mol. The Balaban J connectivity index is 1.52. The first-order chi connectivity index (χ1) is 15.5. The van der Waals surface area contributed by atoms with Crippen LogP contribution in [0.15, 0.2) is 48.7 Å². The smallest absolute Gasteiger partial charge is 0.248 e. The van der Waals surface area contributed by atoms with Crippen molar-refractivity contribution < 1.29 is 4.79 Å². The molecule has 166 valence electrons. The number of halogens is 2. The number of pyridine rings is 2. The van der Waals surface area contributed by atoms with Crippen molar-refractivity contribution in [3.8, 4) is 11.3 Å². The highest BCUT2D eigenvalue weighted by atomic mass is 35.5. The van der Waals surface area contributed by atoms with Crippen LogP contribution >= 0.6 is 23.2 Å². The molecule has 0 atom stereocenters. The number of nitrogens with two attached hydrogens (primary N) is 1. The van der Waals surface area contributed by atoms with Crippen molar-refractivity contribution in [2.24, 2.45) is 5.73 Å². The predicted molar refractivity (Wildman–Crippen MR) is 130 cm³/mol. The summed E-state index contributed by atoms with van der Waals surface area (Å²) in [6.07, 6.45) is 4.40. The molecule has 1 aromatic carbocycles. The SMILES string of the molecule is NC(=O)c1cc(-c2ccnc(CCCc3ccc(Cl)c(Cl)c3)c2)nc(N2CCNCC2)c1. The van der Waals surface area contributed by atoms with Crippen LogP contribution in [0.4, 0.5) is 5.82 Å². The number of primary amides is 1. The van der Waals surface area contributed by atoms with Crippen LogP contribution in [0.1, 0.15) is 28.0 Å². The molecule has 0 aliphatic carbocycles. The third-order valence-corrected chi connectivity index (χ3v) is 6.27. The Bertz CT molecular complexity index is 1120. The lowest BCUT2D eigenvalue weighted by Gasteiger charge is -2.29. The largest absolute Gasteiger partial charge is 0.366 e. The Morgan fingerprint density at radius 1 is 1.03 bits per heavy atom. The molecule has 2 aromatic heterocycles. The van der Waals surface area contributed by atoms with E-state index in [-0.39, 0.29) is 0 Å². The van der Waals surface area contributed by atoms with Crippen LogP contribution in [0.2, 0.25) is 10.0 Å². The summed E-state index contributed by atoms with van der Waals surface area (Å²) in [5.74, 6) is 0.316. The quantitative estimate of drug-likeness (QED) is 0.543. The summed E-state index contributed by atoms with van der Waals surface area (Å²) in [4.78, 5) is 23.5. The van der Waals surface area contributed by atoms with E-state index in [4.69, 9.17) is 33.9 Å². The lowest BCUT2D eigenvalue weighted by molar-refractivity contribution is 0.1000. The summed E-state index contributed by atoms with van der Waals surface area (Å²) in [5, 5.41) is 4.47. The molecule has 0 spiro atoms. The zero-order chi connectivity index (χ0) is 22.5. The maximum absolute atomic E-state index is 11.9. The molecule has 0 bridgehead atoms. The van der Waals surface area contributed by atoms with E-state index in [0.29, 0.717) is 15.6 Å². The van der Waals surface area contributed by atoms with Crippen molar-refractivity contribution in [2.75, 3.05) is 31.1 Å². The lowest BCUT2D eigenvalue weighted by atomic mass is 10.0. The van der Waals surface area contributed by atoms with Crippen molar-refractivity contribution in [2.45, 2.75) is 19.3 Å². The summed E-state index contributed by atoms with van der Waals surface area (Å²) in [6.45, 7) is 3.45. The molecule has 1 aliphatic rings. The summed E-state index contributed by atoms with van der Waals surface area (Å²) in [5.41, 5.74) is 9.82. The van der Waals surface area contributed by atoms with Gasteiger partial charge >= 0.3 is 0 Å². The summed E-state index contributed by atoms with van der Waals surface area (Å²) in [7, 11) is 0. The number of carbonyl (C=O) groups is 1. The summed E-state index contributed by atoms with van der Waals surface area (Å²) >= 11 is 12.1. The van der Waals surface area contributed by atoms with Gasteiger partial charge in [0.1, 0.15) is 5.82 Å². The minimum atomic E-state index is -0.457. The van der Waals surface area contributed by atoms with Gasteiger partial charge in [0.05, 0.1) is 15.7 Å². The number of aromatic nitrogens is 2. The zero-order valence-electron chi connectivity index (χ0n) is 17.7. The normalized spacial score (nSPS) is 13.9. The van der Waals surface area contributed by atoms with Gasteiger partial charge in [-0.2, -0.15) is 0 Å². The number of rotatable bonds is 7. The van der Waals surface area contributed by atoms with Gasteiger partial charge in [-0.15, -0.1) is 0 Å². The van der Waals surface area contributed by atoms with Gasteiger partial charge in [-0.25, -0.2) is 4.98 Å². The van der Waals surface area contributed by atoms with Gasteiger partial charge in [0, 0.05) is 49.2 Å². The maximum Gasteiger partial charge on any atom is 0.248 e. The standard InChI is InChI=1S/C24H25Cl2N5O/c25-20-5-4-16(12-21(20)26)2-1-3-19-13-17(6-7-29-19)22-14-18(24(27)32)15-23(30-22)31-10-8-28-9-11-31/h4-7,12-15,28H,1-3,8-11H2,(H2,27,32). The van der Waals surface area contributed by atoms with E-state index in [1.54, 1.807) is 18.3 Å². The number of amides is 1. The van der Waals surface area contributed by atoms with E-state index in [1.165, 1.54) is 0 Å². The number of benzene rings is 1. The first kappa shape index (κ1) is 22.5. The van der Waals surface area contributed by atoms with Crippen LogP contribution in [-0.2, 0) is 12.8 Å². The highest BCUT2D eigenvalue weighted by Gasteiger charge is 2.16. The lowest BCUT2D eigenvalue weighted by Crippen LogP contribution is -2.44. The van der Waals surface area contributed by atoms with Crippen LogP contribution in [0.3, 0.4) is 0 Å². The number of nitrogens with one attached hydrogen (secondary N) is 1. The zero-order valence-corrected chi connectivity index (χ0v) is 19.2. The molecule has 3 N–H and O–H groups in total. The maximum atomic E-state index is 11.9. The van der Waals surface area contributed by atoms with E-state index < -0.39 is 5.91 Å². The van der Waals surface area contributed by atoms with Crippen LogP contribution < -0.4 is 16.0 Å². The number of carbonyl (C=O) groups excluding carboxylic acids is 1. The molecule has 0 radical (unpaired) electrons. The Morgan fingerprint density at radius 3 is 2.59 bits per heavy atom. The highest BCUT2D eigenvalue weighted by molar-refractivity contribution is 6.42. The van der Waals surface area contributed by atoms with Crippen molar-refractivity contribution in [3.63, 3.8) is 0 Å². The van der Waals surface area contributed by atoms with Crippen LogP contribution in [0.25, 0.3) is 11.3 Å². The molecule has 1 saturated heterocycles. The van der Waals surface area contributed by atoms with Crippen LogP contribution in [0, 0.1) is 0 Å². The van der Waals surface area contributed by atoms with E-state index in [1.807, 2.05) is 30.3 Å². The van der Waals surface area contributed by atoms with Crippen LogP contribution in [0.5, 0.6) is 0 Å². The molecule has 4 rings (SSSR count). The van der Waals surface area contributed by atoms with Gasteiger partial charge in [0.25, 0.3) is 0 Å². The first-order valence-electron chi connectivity index (χ1n) is 10.7. The van der Waals surface area contributed by atoms with Gasteiger partial charge in [-0.1, -0.05) is 29.3 Å². The van der Waals surface area contributed by atoms with Crippen molar-refractivity contribution in [1.29, 1.82) is 0 Å². The molecule has 1 aliphatic heterocycles. The van der Waals surface area contributed by atoms with Gasteiger partial charge in [-0.3, -0.25) is 9.78 Å². The molecule has 3 heterocycles. The van der Waals surface area contributed by atoms with Gasteiger partial charge in [0.2, 0.25) is 5.91 Å². The fourth-order valence-electron chi connectivity index (χ4n) is 3.81. The number of nitrogens with zero attached hydrogens (tertiary/aromatic N) is 3. The second-order valence-electron chi connectivity index (χ2n) is 7.84. The Morgan fingerprint density at radius 2 is 1.84 bits per heavy atom. The van der Waals surface area contributed by atoms with Crippen molar-refractivity contribution in [1.82, 2.24) is 15.3 Å². The molecule has 3 aromatic rings. The molecular formula is C24H25Cl2N5O. The summed E-state index contributed by atoms with van der Waals surface area (Å²) in [6, 6.07) is 13.2. The number of anilines is 1. The summed E-state index contributed by atoms with van der Waals surface area (Å²) < 4.78 is 0. The minimum absolute atomic E-state index is 0.457. The number of hydrogen-bond acceptors (Lipinski definition) is 5. The van der Waals surface area contributed by atoms with Crippen molar-refractivity contribution in [3.05, 3.63) is 75.5 Å². The van der Waals surface area contributed by atoms with Crippen LogP contribution in [-0.4, -0.2) is 42.1 Å². The van der Waals surface area contributed by atoms with E-state index in [2.05, 4.69) is 15.2 Å². The van der Waals surface area contributed by atoms with Gasteiger partial charge in [-0.05, 0) is 61.2 Å². The molecule has 1 amide bonds. The molecule has 8 heteroatoms. The molecular weight excluding hydrogens is 445 g/mol. The fraction of sp³-hybridized carbons (Fsp3) is 0.292. The van der Waals surface area contributed by atoms with E-state index >= 15 is 0 Å². The number of piperazine rings is 1. The molecule has 1 fully saturated rings. The third-order valence-electron chi connectivity index (χ3n) is 5.53. The minimum Gasteiger partial charge on any atom is -0.366 e. The second kappa shape index (κ2) is 10.3. The average Bonchev–Trinajstić information content (AvgIpc) is 2.82. The van der Waals surface area contributed by atoms with E-state index in [9.17, 15) is 4.79 Å². The highest BCUT2D eigenvalue weighted by Crippen LogP contribution is 2.25. The van der Waals surface area contributed by atoms with Gasteiger partial charge in [0.15, 0.2) is 0 Å². The monoisotopic (exact) mass is 469 g/mol. The van der Waals surface area contributed by atoms with Gasteiger partial charge < -0.3 is 16.0 Å². The molecule has 6 nitrogen and oxygen atoms in total. The number of aryl methyl sites for hydroxylation is 2. The molecule has 32 heavy (non-hydrogen) atoms. The molecule has 0 unspecified atom stereocenters. The predicted octanol–water partition coefficient (Wildman–Crippen LogP) is 4.13. The second-order valence-corrected chi connectivity index (χ2v) is 8.65. The number of hydrogen-bond donors (Lipinski definition) is 2. The molecule has 0 saturated carbocycles. The first-order valence-corrected chi connectivity index (χ1v) is 11.4. The Hall–Kier alpha value is -2.67. The third kappa shape index (κ3) is 5.57. The van der Waals surface area contributed by atoms with E-state index in [0.717, 1.165) is 73.8 Å². The Labute approximate surface area is 197 Å². The topological polar surface area (TPSA) is 84.1 Å². The Kier molecular flexibility index (Phi) is 7.25. The fourth-order valence-corrected chi connectivity index (χ4v) is 4.13.